The van der Waals surface area contributed by atoms with E-state index in [-0.39, 0.29) is 24.2 Å². The average molecular weight is 285 g/mol. The van der Waals surface area contributed by atoms with E-state index in [9.17, 15) is 9.18 Å². The number of rotatable bonds is 7. The summed E-state index contributed by atoms with van der Waals surface area (Å²) in [6.07, 6.45) is 0. The maximum Gasteiger partial charge on any atom is 0.236 e. The number of anilines is 1. The van der Waals surface area contributed by atoms with Crippen molar-refractivity contribution in [3.63, 3.8) is 0 Å². The molecule has 1 amide bonds. The molecule has 19 heavy (non-hydrogen) atoms. The molecular weight excluding hydrogens is 265 g/mol. The van der Waals surface area contributed by atoms with Gasteiger partial charge in [-0.15, -0.1) is 0 Å². The van der Waals surface area contributed by atoms with Crippen molar-refractivity contribution >= 4 is 23.4 Å². The average Bonchev–Trinajstić information content (AvgIpc) is 2.41. The van der Waals surface area contributed by atoms with Crippen molar-refractivity contribution in [3.8, 4) is 0 Å². The Kier molecular flexibility index (Phi) is 6.87. The molecule has 3 nitrogen and oxygen atoms in total. The van der Waals surface area contributed by atoms with E-state index in [0.717, 1.165) is 5.75 Å². The fraction of sp³-hybridized carbons (Fsp3) is 0.500. The Labute approximate surface area is 117 Å². The van der Waals surface area contributed by atoms with Gasteiger partial charge in [0.05, 0.1) is 5.75 Å². The second-order valence-electron chi connectivity index (χ2n) is 4.42. The molecular formula is C14H20FNO2S. The summed E-state index contributed by atoms with van der Waals surface area (Å²) >= 11 is 1.51. The Hall–Kier alpha value is -1.07. The predicted octanol–water partition coefficient (Wildman–Crippen LogP) is 2.54. The van der Waals surface area contributed by atoms with E-state index >= 15 is 0 Å². The number of halogens is 1. The fourth-order valence-corrected chi connectivity index (χ4v) is 2.56. The number of aliphatic hydroxyl groups excluding tert-OH is 1. The van der Waals surface area contributed by atoms with Crippen LogP contribution in [0.4, 0.5) is 10.1 Å². The summed E-state index contributed by atoms with van der Waals surface area (Å²) in [5.74, 6) is 1.01. The first-order valence-electron chi connectivity index (χ1n) is 6.33. The van der Waals surface area contributed by atoms with E-state index in [2.05, 4.69) is 0 Å². The summed E-state index contributed by atoms with van der Waals surface area (Å²) in [6, 6.07) is 5.92. The maximum absolute atomic E-state index is 12.9. The third-order valence-corrected chi connectivity index (χ3v) is 3.95. The molecule has 0 radical (unpaired) electrons. The van der Waals surface area contributed by atoms with Crippen LogP contribution in [0.2, 0.25) is 0 Å². The molecule has 0 spiro atoms. The first kappa shape index (κ1) is 16.0. The molecule has 0 saturated carbocycles. The SMILES string of the molecule is CCN(C(=O)CSCC(C)CO)c1ccc(F)cc1. The van der Waals surface area contributed by atoms with Gasteiger partial charge >= 0.3 is 0 Å². The van der Waals surface area contributed by atoms with Gasteiger partial charge in [-0.2, -0.15) is 11.8 Å². The highest BCUT2D eigenvalue weighted by atomic mass is 32.2. The number of benzene rings is 1. The van der Waals surface area contributed by atoms with Gasteiger partial charge in [0.1, 0.15) is 5.82 Å². The van der Waals surface area contributed by atoms with E-state index in [1.807, 2.05) is 13.8 Å². The van der Waals surface area contributed by atoms with E-state index in [1.54, 1.807) is 17.0 Å². The molecule has 1 N–H and O–H groups in total. The fourth-order valence-electron chi connectivity index (χ4n) is 1.60. The van der Waals surface area contributed by atoms with Gasteiger partial charge in [0.25, 0.3) is 0 Å². The van der Waals surface area contributed by atoms with Crippen molar-refractivity contribution in [1.29, 1.82) is 0 Å². The minimum Gasteiger partial charge on any atom is -0.396 e. The summed E-state index contributed by atoms with van der Waals surface area (Å²) in [5.41, 5.74) is 0.713. The van der Waals surface area contributed by atoms with Crippen LogP contribution < -0.4 is 4.90 Å². The highest BCUT2D eigenvalue weighted by Gasteiger charge is 2.14. The van der Waals surface area contributed by atoms with Gasteiger partial charge in [-0.25, -0.2) is 4.39 Å². The minimum absolute atomic E-state index is 0.00393. The molecule has 1 unspecified atom stereocenters. The Morgan fingerprint density at radius 3 is 2.58 bits per heavy atom. The van der Waals surface area contributed by atoms with Crippen molar-refractivity contribution in [3.05, 3.63) is 30.1 Å². The monoisotopic (exact) mass is 285 g/mol. The van der Waals surface area contributed by atoms with Crippen LogP contribution >= 0.6 is 11.8 Å². The van der Waals surface area contributed by atoms with Crippen molar-refractivity contribution in [2.24, 2.45) is 5.92 Å². The largest absolute Gasteiger partial charge is 0.396 e. The smallest absolute Gasteiger partial charge is 0.236 e. The number of hydrogen-bond donors (Lipinski definition) is 1. The number of amides is 1. The van der Waals surface area contributed by atoms with Crippen molar-refractivity contribution in [1.82, 2.24) is 0 Å². The molecule has 0 saturated heterocycles. The molecule has 0 bridgehead atoms. The quantitative estimate of drug-likeness (QED) is 0.837. The lowest BCUT2D eigenvalue weighted by atomic mass is 10.2. The first-order valence-corrected chi connectivity index (χ1v) is 7.48. The zero-order chi connectivity index (χ0) is 14.3. The van der Waals surface area contributed by atoms with Gasteiger partial charge in [-0.3, -0.25) is 4.79 Å². The van der Waals surface area contributed by atoms with Gasteiger partial charge in [-0.1, -0.05) is 6.92 Å². The molecule has 1 aromatic rings. The molecule has 1 aromatic carbocycles. The van der Waals surface area contributed by atoms with Gasteiger partial charge in [0.15, 0.2) is 0 Å². The molecule has 0 aliphatic heterocycles. The summed E-state index contributed by atoms with van der Waals surface area (Å²) in [4.78, 5) is 13.7. The van der Waals surface area contributed by atoms with E-state index in [0.29, 0.717) is 18.0 Å². The second kappa shape index (κ2) is 8.17. The number of aliphatic hydroxyl groups is 1. The Bertz CT molecular complexity index is 397. The maximum atomic E-state index is 12.9. The molecule has 0 fully saturated rings. The third kappa shape index (κ3) is 5.20. The van der Waals surface area contributed by atoms with Crippen molar-refractivity contribution in [2.75, 3.05) is 29.6 Å². The molecule has 106 valence electrons. The van der Waals surface area contributed by atoms with Gasteiger partial charge in [-0.05, 0) is 42.9 Å². The van der Waals surface area contributed by atoms with Crippen LogP contribution in [0.5, 0.6) is 0 Å². The highest BCUT2D eigenvalue weighted by Crippen LogP contribution is 2.17. The molecule has 5 heteroatoms. The van der Waals surface area contributed by atoms with Crippen LogP contribution in [-0.2, 0) is 4.79 Å². The van der Waals surface area contributed by atoms with Crippen molar-refractivity contribution in [2.45, 2.75) is 13.8 Å². The topological polar surface area (TPSA) is 40.5 Å². The van der Waals surface area contributed by atoms with E-state index in [1.165, 1.54) is 23.9 Å². The number of hydrogen-bond acceptors (Lipinski definition) is 3. The van der Waals surface area contributed by atoms with Crippen LogP contribution in [0.15, 0.2) is 24.3 Å². The normalized spacial score (nSPS) is 12.2. The standard InChI is InChI=1S/C14H20FNO2S/c1-3-16(13-6-4-12(15)5-7-13)14(18)10-19-9-11(2)8-17/h4-7,11,17H,3,8-10H2,1-2H3. The zero-order valence-corrected chi connectivity index (χ0v) is 12.1. The van der Waals surface area contributed by atoms with Crippen LogP contribution in [0, 0.1) is 11.7 Å². The molecule has 1 rings (SSSR count). The van der Waals surface area contributed by atoms with Crippen LogP contribution in [0.25, 0.3) is 0 Å². The van der Waals surface area contributed by atoms with E-state index < -0.39 is 0 Å². The first-order chi connectivity index (χ1) is 9.08. The number of nitrogens with zero attached hydrogens (tertiary/aromatic N) is 1. The summed E-state index contributed by atoms with van der Waals surface area (Å²) in [5, 5.41) is 8.92. The lowest BCUT2D eigenvalue weighted by Crippen LogP contribution is -2.32. The zero-order valence-electron chi connectivity index (χ0n) is 11.3. The van der Waals surface area contributed by atoms with Gasteiger partial charge in [0, 0.05) is 18.8 Å². The van der Waals surface area contributed by atoms with E-state index in [4.69, 9.17) is 5.11 Å². The minimum atomic E-state index is -0.307. The highest BCUT2D eigenvalue weighted by molar-refractivity contribution is 7.99. The molecule has 0 aromatic heterocycles. The van der Waals surface area contributed by atoms with Gasteiger partial charge < -0.3 is 10.0 Å². The lowest BCUT2D eigenvalue weighted by Gasteiger charge is -2.21. The summed E-state index contributed by atoms with van der Waals surface area (Å²) in [7, 11) is 0. The Balaban J connectivity index is 2.54. The lowest BCUT2D eigenvalue weighted by molar-refractivity contribution is -0.116. The predicted molar refractivity (Wildman–Crippen MR) is 78.0 cm³/mol. The molecule has 1 atom stereocenters. The summed E-state index contributed by atoms with van der Waals surface area (Å²) < 4.78 is 12.9. The Morgan fingerprint density at radius 1 is 1.42 bits per heavy atom. The van der Waals surface area contributed by atoms with Crippen LogP contribution in [0.3, 0.4) is 0 Å². The van der Waals surface area contributed by atoms with Gasteiger partial charge in [0.2, 0.25) is 5.91 Å². The number of thioether (sulfide) groups is 1. The molecule has 0 heterocycles. The van der Waals surface area contributed by atoms with Crippen molar-refractivity contribution < 1.29 is 14.3 Å². The van der Waals surface area contributed by atoms with Crippen LogP contribution in [0.1, 0.15) is 13.8 Å². The second-order valence-corrected chi connectivity index (χ2v) is 5.45. The van der Waals surface area contributed by atoms with Crippen LogP contribution in [-0.4, -0.2) is 35.7 Å². The number of carbonyl (C=O) groups is 1. The third-order valence-electron chi connectivity index (χ3n) is 2.70. The summed E-state index contributed by atoms with van der Waals surface area (Å²) in [6.45, 7) is 4.52. The number of carbonyl (C=O) groups excluding carboxylic acids is 1. The molecule has 0 aliphatic carbocycles. The Morgan fingerprint density at radius 2 is 2.05 bits per heavy atom. The molecule has 0 aliphatic rings.